The third-order valence-corrected chi connectivity index (χ3v) is 4.57. The molecule has 0 fully saturated rings. The molecule has 3 aromatic rings. The number of anilines is 1. The number of hydrogen-bond acceptors (Lipinski definition) is 3. The van der Waals surface area contributed by atoms with Crippen LogP contribution in [0.3, 0.4) is 0 Å². The lowest BCUT2D eigenvalue weighted by Crippen LogP contribution is -2.20. The van der Waals surface area contributed by atoms with Crippen molar-refractivity contribution in [2.45, 2.75) is 33.1 Å². The highest BCUT2D eigenvalue weighted by atomic mass is 35.5. The van der Waals surface area contributed by atoms with Gasteiger partial charge in [0.2, 0.25) is 5.91 Å². The van der Waals surface area contributed by atoms with Gasteiger partial charge in [-0.15, -0.1) is 0 Å². The lowest BCUT2D eigenvalue weighted by Gasteiger charge is -2.09. The molecule has 0 radical (unpaired) electrons. The van der Waals surface area contributed by atoms with Crippen molar-refractivity contribution in [3.63, 3.8) is 0 Å². The number of carbonyl (C=O) groups excluding carboxylic acids is 1. The van der Waals surface area contributed by atoms with Gasteiger partial charge >= 0.3 is 6.18 Å². The normalized spacial score (nSPS) is 11.7. The van der Waals surface area contributed by atoms with Crippen LogP contribution in [0.4, 0.5) is 23.2 Å². The van der Waals surface area contributed by atoms with Crippen LogP contribution >= 0.6 is 11.6 Å². The SMILES string of the molecule is Cc1nn(Cc2ccc(F)cc2Cl)c(C)c1NC(=O)Cn1ccc(C(F)(F)F)n1. The summed E-state index contributed by atoms with van der Waals surface area (Å²) in [4.78, 5) is 12.3. The number of alkyl halides is 3. The zero-order valence-corrected chi connectivity index (χ0v) is 16.1. The van der Waals surface area contributed by atoms with E-state index < -0.39 is 23.6 Å². The fourth-order valence-corrected chi connectivity index (χ4v) is 3.00. The number of amides is 1. The summed E-state index contributed by atoms with van der Waals surface area (Å²) >= 11 is 6.05. The Hall–Kier alpha value is -2.88. The van der Waals surface area contributed by atoms with Crippen molar-refractivity contribution >= 4 is 23.2 Å². The highest BCUT2D eigenvalue weighted by Gasteiger charge is 2.33. The van der Waals surface area contributed by atoms with Crippen LogP contribution in [0.5, 0.6) is 0 Å². The molecule has 0 spiro atoms. The number of nitrogens with zero attached hydrogens (tertiary/aromatic N) is 4. The number of aromatic nitrogens is 4. The minimum atomic E-state index is -4.57. The number of rotatable bonds is 5. The van der Waals surface area contributed by atoms with Gasteiger partial charge < -0.3 is 5.32 Å². The zero-order chi connectivity index (χ0) is 21.3. The second-order valence-electron chi connectivity index (χ2n) is 6.38. The molecule has 154 valence electrons. The second kappa shape index (κ2) is 7.86. The van der Waals surface area contributed by atoms with Crippen molar-refractivity contribution in [2.24, 2.45) is 0 Å². The van der Waals surface area contributed by atoms with Gasteiger partial charge in [0.25, 0.3) is 0 Å². The second-order valence-corrected chi connectivity index (χ2v) is 6.79. The maximum atomic E-state index is 13.2. The van der Waals surface area contributed by atoms with E-state index in [0.717, 1.165) is 16.9 Å². The lowest BCUT2D eigenvalue weighted by atomic mass is 10.2. The Bertz CT molecular complexity index is 1060. The molecule has 0 aliphatic heterocycles. The van der Waals surface area contributed by atoms with E-state index >= 15 is 0 Å². The van der Waals surface area contributed by atoms with Crippen molar-refractivity contribution in [2.75, 3.05) is 5.32 Å². The average Bonchev–Trinajstić information content (AvgIpc) is 3.18. The van der Waals surface area contributed by atoms with Crippen molar-refractivity contribution in [3.8, 4) is 0 Å². The fourth-order valence-electron chi connectivity index (χ4n) is 2.77. The molecule has 0 atom stereocenters. The number of aryl methyl sites for hydroxylation is 1. The summed E-state index contributed by atoms with van der Waals surface area (Å²) in [5.41, 5.74) is 1.16. The highest BCUT2D eigenvalue weighted by Crippen LogP contribution is 2.27. The van der Waals surface area contributed by atoms with Gasteiger partial charge in [-0.3, -0.25) is 14.2 Å². The van der Waals surface area contributed by atoms with Gasteiger partial charge in [-0.1, -0.05) is 17.7 Å². The van der Waals surface area contributed by atoms with E-state index in [1.807, 2.05) is 0 Å². The molecule has 6 nitrogen and oxygen atoms in total. The molecule has 0 saturated carbocycles. The largest absolute Gasteiger partial charge is 0.435 e. The molecule has 1 amide bonds. The van der Waals surface area contributed by atoms with Gasteiger partial charge in [-0.05, 0) is 37.6 Å². The Balaban J connectivity index is 1.73. The van der Waals surface area contributed by atoms with E-state index in [1.54, 1.807) is 24.6 Å². The van der Waals surface area contributed by atoms with Crippen molar-refractivity contribution in [1.82, 2.24) is 19.6 Å². The molecule has 0 aliphatic rings. The minimum Gasteiger partial charge on any atom is -0.321 e. The van der Waals surface area contributed by atoms with E-state index in [2.05, 4.69) is 15.5 Å². The summed E-state index contributed by atoms with van der Waals surface area (Å²) < 4.78 is 53.5. The zero-order valence-electron chi connectivity index (χ0n) is 15.4. The first-order chi connectivity index (χ1) is 13.5. The third-order valence-electron chi connectivity index (χ3n) is 4.22. The molecule has 3 rings (SSSR count). The smallest absolute Gasteiger partial charge is 0.321 e. The van der Waals surface area contributed by atoms with E-state index in [0.29, 0.717) is 22.6 Å². The van der Waals surface area contributed by atoms with Crippen LogP contribution in [-0.4, -0.2) is 25.5 Å². The fraction of sp³-hybridized carbons (Fsp3) is 0.278. The average molecular weight is 430 g/mol. The molecule has 29 heavy (non-hydrogen) atoms. The standard InChI is InChI=1S/C18H16ClF4N5O/c1-10-17(24-16(29)9-27-6-5-15(26-27)18(21,22)23)11(2)28(25-10)8-12-3-4-13(20)7-14(12)19/h3-7H,8-9H2,1-2H3,(H,24,29). The Morgan fingerprint density at radius 2 is 1.93 bits per heavy atom. The number of halogens is 5. The first kappa shape index (κ1) is 20.8. The first-order valence-corrected chi connectivity index (χ1v) is 8.81. The molecule has 0 aliphatic carbocycles. The molecule has 1 aromatic carbocycles. The monoisotopic (exact) mass is 429 g/mol. The summed E-state index contributed by atoms with van der Waals surface area (Å²) in [5.74, 6) is -1.00. The van der Waals surface area contributed by atoms with Gasteiger partial charge in [0.05, 0.1) is 23.6 Å². The molecule has 1 N–H and O–H groups in total. The molecule has 11 heteroatoms. The number of carbonyl (C=O) groups is 1. The first-order valence-electron chi connectivity index (χ1n) is 8.43. The van der Waals surface area contributed by atoms with E-state index in [4.69, 9.17) is 11.6 Å². The Kier molecular flexibility index (Phi) is 5.65. The van der Waals surface area contributed by atoms with E-state index in [-0.39, 0.29) is 18.1 Å². The third kappa shape index (κ3) is 4.76. The Morgan fingerprint density at radius 1 is 1.21 bits per heavy atom. The van der Waals surface area contributed by atoms with Crippen LogP contribution in [0.1, 0.15) is 22.6 Å². The van der Waals surface area contributed by atoms with Gasteiger partial charge in [0.1, 0.15) is 12.4 Å². The van der Waals surface area contributed by atoms with Crippen molar-refractivity contribution in [1.29, 1.82) is 0 Å². The molecule has 2 heterocycles. The highest BCUT2D eigenvalue weighted by molar-refractivity contribution is 6.31. The molecular weight excluding hydrogens is 414 g/mol. The Morgan fingerprint density at radius 3 is 2.55 bits per heavy atom. The summed E-state index contributed by atoms with van der Waals surface area (Å²) in [6.45, 7) is 3.28. The van der Waals surface area contributed by atoms with Crippen LogP contribution in [-0.2, 0) is 24.1 Å². The van der Waals surface area contributed by atoms with E-state index in [9.17, 15) is 22.4 Å². The Labute approximate surface area is 168 Å². The predicted octanol–water partition coefficient (Wildman–Crippen LogP) is 4.19. The maximum absolute atomic E-state index is 13.2. The predicted molar refractivity (Wildman–Crippen MR) is 98.1 cm³/mol. The molecule has 0 unspecified atom stereocenters. The van der Waals surface area contributed by atoms with Crippen LogP contribution in [0.15, 0.2) is 30.5 Å². The summed E-state index contributed by atoms with van der Waals surface area (Å²) in [6.07, 6.45) is -3.49. The summed E-state index contributed by atoms with van der Waals surface area (Å²) in [7, 11) is 0. The van der Waals surface area contributed by atoms with Crippen molar-refractivity contribution in [3.05, 3.63) is 63.9 Å². The lowest BCUT2D eigenvalue weighted by molar-refractivity contribution is -0.141. The van der Waals surface area contributed by atoms with Gasteiger partial charge in [0.15, 0.2) is 5.69 Å². The van der Waals surface area contributed by atoms with Gasteiger partial charge in [0, 0.05) is 11.2 Å². The quantitative estimate of drug-likeness (QED) is 0.618. The van der Waals surface area contributed by atoms with Gasteiger partial charge in [-0.2, -0.15) is 23.4 Å². The van der Waals surface area contributed by atoms with Crippen LogP contribution in [0.2, 0.25) is 5.02 Å². The van der Waals surface area contributed by atoms with Crippen LogP contribution in [0, 0.1) is 19.7 Å². The molecular formula is C18H16ClF4N5O. The topological polar surface area (TPSA) is 64.7 Å². The summed E-state index contributed by atoms with van der Waals surface area (Å²) in [5, 5.41) is 10.6. The summed E-state index contributed by atoms with van der Waals surface area (Å²) in [6, 6.07) is 4.83. The van der Waals surface area contributed by atoms with Crippen LogP contribution < -0.4 is 5.32 Å². The molecule has 0 bridgehead atoms. The minimum absolute atomic E-state index is 0.252. The number of benzene rings is 1. The van der Waals surface area contributed by atoms with Crippen molar-refractivity contribution < 1.29 is 22.4 Å². The molecule has 0 saturated heterocycles. The molecule has 2 aromatic heterocycles. The van der Waals surface area contributed by atoms with Gasteiger partial charge in [-0.25, -0.2) is 4.39 Å². The number of nitrogens with one attached hydrogen (secondary N) is 1. The maximum Gasteiger partial charge on any atom is 0.435 e. The van der Waals surface area contributed by atoms with Crippen LogP contribution in [0.25, 0.3) is 0 Å². The number of hydrogen-bond donors (Lipinski definition) is 1. The van der Waals surface area contributed by atoms with E-state index in [1.165, 1.54) is 12.1 Å².